The summed E-state index contributed by atoms with van der Waals surface area (Å²) in [6, 6.07) is 19.2. The lowest BCUT2D eigenvalue weighted by molar-refractivity contribution is 0.404. The Morgan fingerprint density at radius 1 is 0.842 bits per heavy atom. The Labute approximate surface area is 119 Å². The summed E-state index contributed by atoms with van der Waals surface area (Å²) in [6.45, 7) is 2.15. The highest BCUT2D eigenvalue weighted by Crippen LogP contribution is 2.37. The average Bonchev–Trinajstić information content (AvgIpc) is 2.49. The van der Waals surface area contributed by atoms with Crippen LogP contribution in [0, 0.1) is 0 Å². The molecule has 1 aliphatic rings. The van der Waals surface area contributed by atoms with Gasteiger partial charge in [-0.05, 0) is 42.1 Å². The largest absolute Gasteiger partial charge is 0.316 e. The van der Waals surface area contributed by atoms with Crippen LogP contribution < -0.4 is 5.32 Å². The van der Waals surface area contributed by atoms with Gasteiger partial charge in [0.25, 0.3) is 0 Å². The van der Waals surface area contributed by atoms with Gasteiger partial charge in [0, 0.05) is 17.5 Å². The summed E-state index contributed by atoms with van der Waals surface area (Å²) in [5.41, 5.74) is 2.83. The Bertz CT molecular complexity index is 521. The number of hydrogen-bond donors (Lipinski definition) is 1. The summed E-state index contributed by atoms with van der Waals surface area (Å²) in [4.78, 5) is 0. The lowest BCUT2D eigenvalue weighted by Gasteiger charge is -2.33. The number of benzene rings is 2. The highest BCUT2D eigenvalue weighted by atomic mass is 35.5. The molecule has 19 heavy (non-hydrogen) atoms. The molecule has 0 bridgehead atoms. The van der Waals surface area contributed by atoms with Gasteiger partial charge in [-0.15, -0.1) is 0 Å². The van der Waals surface area contributed by atoms with E-state index in [0.717, 1.165) is 18.1 Å². The van der Waals surface area contributed by atoms with Gasteiger partial charge in [0.1, 0.15) is 0 Å². The quantitative estimate of drug-likeness (QED) is 0.863. The summed E-state index contributed by atoms with van der Waals surface area (Å²) in [6.07, 6.45) is 1.18. The minimum atomic E-state index is 0.552. The second-order valence-electron chi connectivity index (χ2n) is 5.17. The Morgan fingerprint density at radius 3 is 2.26 bits per heavy atom. The topological polar surface area (TPSA) is 12.0 Å². The monoisotopic (exact) mass is 271 g/mol. The summed E-state index contributed by atoms with van der Waals surface area (Å²) in [5, 5.41) is 4.33. The first-order chi connectivity index (χ1) is 9.34. The van der Waals surface area contributed by atoms with Gasteiger partial charge in [0.05, 0.1) is 0 Å². The number of halogens is 1. The summed E-state index contributed by atoms with van der Waals surface area (Å²) in [7, 11) is 0. The van der Waals surface area contributed by atoms with Gasteiger partial charge in [-0.1, -0.05) is 54.1 Å². The molecule has 1 aliphatic heterocycles. The van der Waals surface area contributed by atoms with Crippen molar-refractivity contribution in [2.75, 3.05) is 13.1 Å². The maximum atomic E-state index is 5.99. The lowest BCUT2D eigenvalue weighted by atomic mass is 9.77. The lowest BCUT2D eigenvalue weighted by Crippen LogP contribution is -2.33. The third-order valence-corrected chi connectivity index (χ3v) is 4.26. The van der Waals surface area contributed by atoms with E-state index in [4.69, 9.17) is 11.6 Å². The fraction of sp³-hybridized carbons (Fsp3) is 0.294. The van der Waals surface area contributed by atoms with E-state index in [-0.39, 0.29) is 0 Å². The van der Waals surface area contributed by atoms with Crippen molar-refractivity contribution < 1.29 is 0 Å². The molecule has 2 heteroatoms. The highest BCUT2D eigenvalue weighted by molar-refractivity contribution is 6.30. The SMILES string of the molecule is Clc1ccc(C2CCNCC2c2ccccc2)cc1. The first kappa shape index (κ1) is 12.7. The molecule has 0 saturated carbocycles. The minimum absolute atomic E-state index is 0.552. The van der Waals surface area contributed by atoms with Crippen molar-refractivity contribution in [2.45, 2.75) is 18.3 Å². The molecule has 0 aromatic heterocycles. The van der Waals surface area contributed by atoms with E-state index in [1.807, 2.05) is 12.1 Å². The van der Waals surface area contributed by atoms with Crippen molar-refractivity contribution >= 4 is 11.6 Å². The molecule has 1 N–H and O–H groups in total. The van der Waals surface area contributed by atoms with Crippen molar-refractivity contribution in [3.8, 4) is 0 Å². The van der Waals surface area contributed by atoms with E-state index in [9.17, 15) is 0 Å². The Hall–Kier alpha value is -1.31. The van der Waals surface area contributed by atoms with Gasteiger partial charge in [-0.3, -0.25) is 0 Å². The molecule has 2 aromatic rings. The fourth-order valence-electron chi connectivity index (χ4n) is 3.02. The predicted molar refractivity (Wildman–Crippen MR) is 80.9 cm³/mol. The summed E-state index contributed by atoms with van der Waals surface area (Å²) in [5.74, 6) is 1.14. The maximum Gasteiger partial charge on any atom is 0.0406 e. The van der Waals surface area contributed by atoms with Crippen LogP contribution in [0.5, 0.6) is 0 Å². The molecule has 98 valence electrons. The number of nitrogens with one attached hydrogen (secondary N) is 1. The molecule has 3 rings (SSSR count). The fourth-order valence-corrected chi connectivity index (χ4v) is 3.14. The van der Waals surface area contributed by atoms with E-state index in [1.165, 1.54) is 17.5 Å². The predicted octanol–water partition coefficient (Wildman–Crippen LogP) is 4.20. The average molecular weight is 272 g/mol. The normalized spacial score (nSPS) is 23.2. The zero-order valence-electron chi connectivity index (χ0n) is 10.9. The van der Waals surface area contributed by atoms with Gasteiger partial charge in [0.2, 0.25) is 0 Å². The summed E-state index contributed by atoms with van der Waals surface area (Å²) < 4.78 is 0. The van der Waals surface area contributed by atoms with Crippen molar-refractivity contribution in [1.82, 2.24) is 5.32 Å². The second kappa shape index (κ2) is 5.77. The molecule has 2 unspecified atom stereocenters. The maximum absolute atomic E-state index is 5.99. The van der Waals surface area contributed by atoms with Crippen molar-refractivity contribution in [2.24, 2.45) is 0 Å². The molecular formula is C17H18ClN. The van der Waals surface area contributed by atoms with Gasteiger partial charge in [0.15, 0.2) is 0 Å². The Morgan fingerprint density at radius 2 is 1.53 bits per heavy atom. The Kier molecular flexibility index (Phi) is 3.86. The van der Waals surface area contributed by atoms with Crippen LogP contribution >= 0.6 is 11.6 Å². The standard InChI is InChI=1S/C17H18ClN/c18-15-8-6-14(7-9-15)16-10-11-19-12-17(16)13-4-2-1-3-5-13/h1-9,16-17,19H,10-12H2. The van der Waals surface area contributed by atoms with Crippen molar-refractivity contribution in [3.63, 3.8) is 0 Å². The van der Waals surface area contributed by atoms with Gasteiger partial charge in [-0.2, -0.15) is 0 Å². The van der Waals surface area contributed by atoms with Gasteiger partial charge >= 0.3 is 0 Å². The van der Waals surface area contributed by atoms with Crippen LogP contribution in [-0.2, 0) is 0 Å². The van der Waals surface area contributed by atoms with Crippen LogP contribution in [0.2, 0.25) is 5.02 Å². The van der Waals surface area contributed by atoms with Crippen LogP contribution in [0.15, 0.2) is 54.6 Å². The number of rotatable bonds is 2. The smallest absolute Gasteiger partial charge is 0.0406 e. The first-order valence-corrected chi connectivity index (χ1v) is 7.23. The molecule has 1 heterocycles. The van der Waals surface area contributed by atoms with Crippen LogP contribution in [0.1, 0.15) is 29.4 Å². The van der Waals surface area contributed by atoms with E-state index in [0.29, 0.717) is 11.8 Å². The zero-order valence-corrected chi connectivity index (χ0v) is 11.6. The van der Waals surface area contributed by atoms with Gasteiger partial charge < -0.3 is 5.32 Å². The zero-order chi connectivity index (χ0) is 13.1. The number of piperidine rings is 1. The molecular weight excluding hydrogens is 254 g/mol. The van der Waals surface area contributed by atoms with Crippen molar-refractivity contribution in [1.29, 1.82) is 0 Å². The molecule has 0 spiro atoms. The molecule has 2 aromatic carbocycles. The third kappa shape index (κ3) is 2.83. The Balaban J connectivity index is 1.91. The highest BCUT2D eigenvalue weighted by Gasteiger charge is 2.27. The molecule has 0 radical (unpaired) electrons. The molecule has 1 nitrogen and oxygen atoms in total. The number of hydrogen-bond acceptors (Lipinski definition) is 1. The van der Waals surface area contributed by atoms with Crippen LogP contribution in [0.3, 0.4) is 0 Å². The van der Waals surface area contributed by atoms with E-state index < -0.39 is 0 Å². The minimum Gasteiger partial charge on any atom is -0.316 e. The second-order valence-corrected chi connectivity index (χ2v) is 5.60. The van der Waals surface area contributed by atoms with Crippen LogP contribution in [0.25, 0.3) is 0 Å². The van der Waals surface area contributed by atoms with Gasteiger partial charge in [-0.25, -0.2) is 0 Å². The van der Waals surface area contributed by atoms with E-state index in [2.05, 4.69) is 47.8 Å². The third-order valence-electron chi connectivity index (χ3n) is 4.01. The first-order valence-electron chi connectivity index (χ1n) is 6.86. The van der Waals surface area contributed by atoms with Crippen molar-refractivity contribution in [3.05, 3.63) is 70.7 Å². The molecule has 0 amide bonds. The van der Waals surface area contributed by atoms with Crippen LogP contribution in [0.4, 0.5) is 0 Å². The molecule has 1 saturated heterocycles. The molecule has 2 atom stereocenters. The summed E-state index contributed by atoms with van der Waals surface area (Å²) >= 11 is 5.99. The van der Waals surface area contributed by atoms with E-state index in [1.54, 1.807) is 0 Å². The molecule has 1 fully saturated rings. The van der Waals surface area contributed by atoms with Crippen LogP contribution in [-0.4, -0.2) is 13.1 Å². The van der Waals surface area contributed by atoms with E-state index >= 15 is 0 Å². The molecule has 0 aliphatic carbocycles.